The molecule has 33 heavy (non-hydrogen) atoms. The number of carbonyl (C=O) groups is 2. The molecule has 0 spiro atoms. The molecule has 8 nitrogen and oxygen atoms in total. The Hall–Kier alpha value is -2.91. The zero-order valence-electron chi connectivity index (χ0n) is 18.0. The number of fused-ring (bicyclic) bond motifs is 5. The number of benzene rings is 1. The van der Waals surface area contributed by atoms with E-state index in [4.69, 9.17) is 16.3 Å². The van der Waals surface area contributed by atoms with Gasteiger partial charge in [0.1, 0.15) is 12.0 Å². The van der Waals surface area contributed by atoms with Gasteiger partial charge in [0.2, 0.25) is 5.43 Å². The van der Waals surface area contributed by atoms with Crippen molar-refractivity contribution in [3.8, 4) is 5.75 Å². The molecule has 2 saturated heterocycles. The lowest BCUT2D eigenvalue weighted by atomic mass is 10.0. The minimum Gasteiger partial charge on any atom is -0.502 e. The molecule has 3 atom stereocenters. The Kier molecular flexibility index (Phi) is 5.41. The topological polar surface area (TPSA) is 92.1 Å². The molecule has 0 bridgehead atoms. The number of aryl methyl sites for hydroxylation is 1. The Morgan fingerprint density at radius 1 is 1.30 bits per heavy atom. The maximum Gasteiger partial charge on any atom is 0.278 e. The first-order chi connectivity index (χ1) is 15.8. The number of hydrogen-bond acceptors (Lipinski definition) is 6. The van der Waals surface area contributed by atoms with E-state index in [0.717, 1.165) is 0 Å². The molecule has 0 aliphatic carbocycles. The molecule has 5 rings (SSSR count). The quantitative estimate of drug-likeness (QED) is 0.667. The number of carbonyl (C=O) groups excluding carboxylic acids is 2. The highest BCUT2D eigenvalue weighted by Crippen LogP contribution is 2.39. The van der Waals surface area contributed by atoms with Crippen LogP contribution in [-0.4, -0.2) is 58.3 Å². The van der Waals surface area contributed by atoms with E-state index in [1.165, 1.54) is 23.0 Å². The number of hydrogen-bond donors (Lipinski definition) is 1. The number of Topliss-reactive ketones (excluding diaryl/α,β-unsaturated/α-hetero) is 1. The fraction of sp³-hybridized carbons (Fsp3) is 0.435. The summed E-state index contributed by atoms with van der Waals surface area (Å²) in [6.45, 7) is 3.29. The van der Waals surface area contributed by atoms with Gasteiger partial charge in [-0.3, -0.25) is 24.1 Å². The summed E-state index contributed by atoms with van der Waals surface area (Å²) >= 11 is 5.81. The van der Waals surface area contributed by atoms with Gasteiger partial charge in [-0.1, -0.05) is 23.7 Å². The van der Waals surface area contributed by atoms with Gasteiger partial charge in [-0.15, -0.1) is 0 Å². The molecule has 1 aromatic carbocycles. The van der Waals surface area contributed by atoms with Gasteiger partial charge in [-0.2, -0.15) is 0 Å². The molecule has 4 heterocycles. The largest absolute Gasteiger partial charge is 0.502 e. The number of ether oxygens (including phenoxy) is 1. The maximum atomic E-state index is 14.2. The van der Waals surface area contributed by atoms with E-state index in [9.17, 15) is 23.9 Å². The zero-order chi connectivity index (χ0) is 23.4. The van der Waals surface area contributed by atoms with Crippen LogP contribution in [0.5, 0.6) is 5.75 Å². The molecule has 1 N–H and O–H groups in total. The molecule has 0 saturated carbocycles. The van der Waals surface area contributed by atoms with Crippen LogP contribution in [-0.2, 0) is 11.2 Å². The normalized spacial score (nSPS) is 23.5. The van der Waals surface area contributed by atoms with Crippen molar-refractivity contribution in [1.29, 1.82) is 0 Å². The average molecular weight is 476 g/mol. The zero-order valence-corrected chi connectivity index (χ0v) is 18.7. The summed E-state index contributed by atoms with van der Waals surface area (Å²) in [5.74, 6) is -2.15. The number of aromatic nitrogens is 1. The number of pyridine rings is 1. The number of nitrogens with zero attached hydrogens (tertiary/aromatic N) is 3. The molecule has 2 aromatic rings. The number of amides is 1. The third kappa shape index (κ3) is 3.33. The molecule has 3 aliphatic rings. The predicted octanol–water partition coefficient (Wildman–Crippen LogP) is 2.32. The molecule has 0 radical (unpaired) electrons. The lowest BCUT2D eigenvalue weighted by Gasteiger charge is -2.44. The molecule has 10 heteroatoms. The third-order valence-corrected chi connectivity index (χ3v) is 7.15. The smallest absolute Gasteiger partial charge is 0.278 e. The van der Waals surface area contributed by atoms with Crippen LogP contribution in [0.2, 0.25) is 5.02 Å². The van der Waals surface area contributed by atoms with E-state index < -0.39 is 28.7 Å². The lowest BCUT2D eigenvalue weighted by molar-refractivity contribution is 0.0568. The number of ketones is 1. The van der Waals surface area contributed by atoms with Gasteiger partial charge >= 0.3 is 0 Å². The van der Waals surface area contributed by atoms with Gasteiger partial charge in [-0.25, -0.2) is 4.39 Å². The summed E-state index contributed by atoms with van der Waals surface area (Å²) in [5.41, 5.74) is -1.03. The van der Waals surface area contributed by atoms with Crippen molar-refractivity contribution >= 4 is 23.3 Å². The van der Waals surface area contributed by atoms with Crippen LogP contribution >= 0.6 is 11.6 Å². The highest BCUT2D eigenvalue weighted by atomic mass is 35.5. The van der Waals surface area contributed by atoms with E-state index in [2.05, 4.69) is 0 Å². The molecule has 0 unspecified atom stereocenters. The van der Waals surface area contributed by atoms with Crippen LogP contribution < -0.4 is 10.4 Å². The summed E-state index contributed by atoms with van der Waals surface area (Å²) in [5, 5.41) is 12.6. The molecule has 174 valence electrons. The predicted molar refractivity (Wildman–Crippen MR) is 118 cm³/mol. The second-order valence-corrected chi connectivity index (χ2v) is 9.01. The highest BCUT2D eigenvalue weighted by Gasteiger charge is 2.52. The Morgan fingerprint density at radius 2 is 2.09 bits per heavy atom. The first-order valence-electron chi connectivity index (χ1n) is 11.0. The summed E-state index contributed by atoms with van der Waals surface area (Å²) in [4.78, 5) is 40.6. The van der Waals surface area contributed by atoms with E-state index in [1.54, 1.807) is 11.0 Å². The van der Waals surface area contributed by atoms with Crippen molar-refractivity contribution in [3.05, 3.63) is 62.3 Å². The van der Waals surface area contributed by atoms with E-state index in [1.807, 2.05) is 11.9 Å². The molecule has 1 amide bonds. The first kappa shape index (κ1) is 21.9. The SMILES string of the molecule is CCN1C(=O)c2c(O)c(=O)c(C(=O)CCc3cccc(Cl)c3F)cn2N2[C@H]3COC[C@H]3C[C@@H]12. The Balaban J connectivity index is 1.53. The molecule has 2 fully saturated rings. The molecule has 1 aromatic heterocycles. The Morgan fingerprint density at radius 3 is 2.85 bits per heavy atom. The lowest BCUT2D eigenvalue weighted by Crippen LogP contribution is -2.61. The highest BCUT2D eigenvalue weighted by molar-refractivity contribution is 6.30. The van der Waals surface area contributed by atoms with Crippen LogP contribution in [0.15, 0.2) is 29.2 Å². The Bertz CT molecular complexity index is 1220. The van der Waals surface area contributed by atoms with E-state index in [-0.39, 0.29) is 52.8 Å². The number of halogens is 2. The average Bonchev–Trinajstić information content (AvgIpc) is 3.38. The summed E-state index contributed by atoms with van der Waals surface area (Å²) in [6.07, 6.45) is 1.68. The van der Waals surface area contributed by atoms with Crippen LogP contribution in [0.25, 0.3) is 0 Å². The van der Waals surface area contributed by atoms with Gasteiger partial charge in [0.25, 0.3) is 5.91 Å². The van der Waals surface area contributed by atoms with Gasteiger partial charge in [0, 0.05) is 25.1 Å². The van der Waals surface area contributed by atoms with Gasteiger partial charge in [0.15, 0.2) is 17.2 Å². The minimum absolute atomic E-state index is 0.0405. The first-order valence-corrected chi connectivity index (χ1v) is 11.3. The summed E-state index contributed by atoms with van der Waals surface area (Å²) < 4.78 is 21.3. The van der Waals surface area contributed by atoms with Gasteiger partial charge < -0.3 is 14.7 Å². The van der Waals surface area contributed by atoms with Gasteiger partial charge in [0.05, 0.1) is 29.8 Å². The number of rotatable bonds is 5. The maximum absolute atomic E-state index is 14.2. The van der Waals surface area contributed by atoms with Crippen molar-refractivity contribution in [2.45, 2.75) is 38.4 Å². The third-order valence-electron chi connectivity index (χ3n) is 6.85. The van der Waals surface area contributed by atoms with Crippen LogP contribution in [0, 0.1) is 11.7 Å². The summed E-state index contributed by atoms with van der Waals surface area (Å²) in [7, 11) is 0. The van der Waals surface area contributed by atoms with Gasteiger partial charge in [-0.05, 0) is 31.4 Å². The molecular weight excluding hydrogens is 453 g/mol. The van der Waals surface area contributed by atoms with Crippen LogP contribution in [0.4, 0.5) is 4.39 Å². The fourth-order valence-electron chi connectivity index (χ4n) is 5.20. The Labute approximate surface area is 194 Å². The standard InChI is InChI=1S/C23H23ClFN3O5/c1-2-26-18-8-13-10-33-11-16(13)28(18)27-9-14(21(30)22(31)20(27)23(26)32)17(29)7-6-12-4-3-5-15(24)19(12)25/h3-5,9,13,16,18,31H,2,6-8,10-11H2,1H3/t13-,16+,18+/m1/s1. The van der Waals surface area contributed by atoms with Crippen molar-refractivity contribution in [2.24, 2.45) is 5.92 Å². The second-order valence-electron chi connectivity index (χ2n) is 8.60. The van der Waals surface area contributed by atoms with Crippen molar-refractivity contribution in [3.63, 3.8) is 0 Å². The van der Waals surface area contributed by atoms with Crippen molar-refractivity contribution < 1.29 is 23.8 Å². The fourth-order valence-corrected chi connectivity index (χ4v) is 5.39. The van der Waals surface area contributed by atoms with Crippen molar-refractivity contribution in [1.82, 2.24) is 9.58 Å². The number of aromatic hydroxyl groups is 1. The molecule has 3 aliphatic heterocycles. The van der Waals surface area contributed by atoms with Crippen LogP contribution in [0.1, 0.15) is 46.2 Å². The van der Waals surface area contributed by atoms with E-state index in [0.29, 0.717) is 26.2 Å². The molecular formula is C23H23ClFN3O5. The van der Waals surface area contributed by atoms with E-state index >= 15 is 0 Å². The summed E-state index contributed by atoms with van der Waals surface area (Å²) in [6, 6.07) is 4.49. The second kappa shape index (κ2) is 8.14. The van der Waals surface area contributed by atoms with Crippen molar-refractivity contribution in [2.75, 3.05) is 24.8 Å². The minimum atomic E-state index is -0.904. The monoisotopic (exact) mass is 475 g/mol. The van der Waals surface area contributed by atoms with Crippen LogP contribution in [0.3, 0.4) is 0 Å².